The number of H-pyrrole nitrogens is 1. The molecule has 2 amide bonds. The van der Waals surface area contributed by atoms with E-state index in [1.54, 1.807) is 25.7 Å². The van der Waals surface area contributed by atoms with Gasteiger partial charge in [-0.25, -0.2) is 4.79 Å². The summed E-state index contributed by atoms with van der Waals surface area (Å²) in [5.74, 6) is -0.0758. The van der Waals surface area contributed by atoms with Crippen LogP contribution in [0, 0.1) is 25.2 Å². The van der Waals surface area contributed by atoms with Crippen LogP contribution in [-0.2, 0) is 16.0 Å². The molecule has 8 nitrogen and oxygen atoms in total. The average molecular weight is 374 g/mol. The van der Waals surface area contributed by atoms with Gasteiger partial charge in [-0.2, -0.15) is 5.26 Å². The van der Waals surface area contributed by atoms with Gasteiger partial charge in [0.1, 0.15) is 11.6 Å². The number of likely N-dealkylation sites (tertiary alicyclic amines) is 1. The van der Waals surface area contributed by atoms with Gasteiger partial charge < -0.3 is 19.9 Å². The predicted octanol–water partition coefficient (Wildman–Crippen LogP) is 1.53. The lowest BCUT2D eigenvalue weighted by atomic mass is 9.98. The molecule has 146 valence electrons. The van der Waals surface area contributed by atoms with Crippen molar-refractivity contribution in [1.82, 2.24) is 15.2 Å². The molecule has 27 heavy (non-hydrogen) atoms. The number of piperidine rings is 1. The van der Waals surface area contributed by atoms with Crippen molar-refractivity contribution >= 4 is 12.0 Å². The van der Waals surface area contributed by atoms with Crippen molar-refractivity contribution in [3.8, 4) is 6.07 Å². The Labute approximate surface area is 158 Å². The molecule has 0 atom stereocenters. The number of nitrogens with zero attached hydrogens (tertiary/aromatic N) is 2. The molecule has 2 rings (SSSR count). The van der Waals surface area contributed by atoms with E-state index >= 15 is 0 Å². The van der Waals surface area contributed by atoms with Crippen LogP contribution >= 0.6 is 0 Å². The molecule has 0 saturated carbocycles. The highest BCUT2D eigenvalue weighted by Crippen LogP contribution is 2.16. The van der Waals surface area contributed by atoms with E-state index in [4.69, 9.17) is 10.00 Å². The first-order valence-electron chi connectivity index (χ1n) is 9.20. The van der Waals surface area contributed by atoms with E-state index in [1.807, 2.05) is 6.07 Å². The largest absolute Gasteiger partial charge is 0.450 e. The Bertz CT molecular complexity index is 801. The Kier molecular flexibility index (Phi) is 6.99. The van der Waals surface area contributed by atoms with Crippen molar-refractivity contribution in [2.45, 2.75) is 52.5 Å². The van der Waals surface area contributed by atoms with Crippen LogP contribution in [0.4, 0.5) is 4.79 Å². The molecule has 0 bridgehead atoms. The van der Waals surface area contributed by atoms with Crippen LogP contribution < -0.4 is 10.9 Å². The number of hydrogen-bond acceptors (Lipinski definition) is 5. The number of amides is 2. The van der Waals surface area contributed by atoms with E-state index in [1.165, 1.54) is 0 Å². The molecule has 1 fully saturated rings. The second-order valence-electron chi connectivity index (χ2n) is 6.70. The van der Waals surface area contributed by atoms with Crippen molar-refractivity contribution in [2.75, 3.05) is 19.7 Å². The number of pyridine rings is 1. The maximum atomic E-state index is 12.3. The summed E-state index contributed by atoms with van der Waals surface area (Å²) in [5.41, 5.74) is 1.86. The number of carbonyl (C=O) groups is 2. The third kappa shape index (κ3) is 5.09. The Morgan fingerprint density at radius 1 is 1.33 bits per heavy atom. The summed E-state index contributed by atoms with van der Waals surface area (Å²) in [5, 5.41) is 12.1. The van der Waals surface area contributed by atoms with Crippen molar-refractivity contribution in [3.05, 3.63) is 32.7 Å². The van der Waals surface area contributed by atoms with Crippen LogP contribution in [0.1, 0.15) is 48.6 Å². The maximum absolute atomic E-state index is 12.3. The number of ether oxygens (including phenoxy) is 1. The molecule has 2 heterocycles. The van der Waals surface area contributed by atoms with E-state index in [0.717, 1.165) is 5.56 Å². The standard InChI is InChI=1S/C19H26N4O4/c1-4-27-19(26)23-9-7-14(8-10-23)22-17(24)6-5-15-12(2)16(11-20)18(25)21-13(15)3/h14H,4-10H2,1-3H3,(H,21,25)(H,22,24). The third-order valence-electron chi connectivity index (χ3n) is 4.91. The normalized spacial score (nSPS) is 14.5. The van der Waals surface area contributed by atoms with Crippen molar-refractivity contribution < 1.29 is 14.3 Å². The lowest BCUT2D eigenvalue weighted by molar-refractivity contribution is -0.122. The summed E-state index contributed by atoms with van der Waals surface area (Å²) < 4.78 is 4.99. The van der Waals surface area contributed by atoms with Gasteiger partial charge in [-0.05, 0) is 51.2 Å². The molecule has 8 heteroatoms. The summed E-state index contributed by atoms with van der Waals surface area (Å²) in [4.78, 5) is 40.1. The van der Waals surface area contributed by atoms with Gasteiger partial charge >= 0.3 is 6.09 Å². The van der Waals surface area contributed by atoms with Gasteiger partial charge in [0.05, 0.1) is 6.61 Å². The number of aromatic nitrogens is 1. The second-order valence-corrected chi connectivity index (χ2v) is 6.70. The maximum Gasteiger partial charge on any atom is 0.409 e. The summed E-state index contributed by atoms with van der Waals surface area (Å²) in [6, 6.07) is 1.96. The quantitative estimate of drug-likeness (QED) is 0.811. The first-order valence-corrected chi connectivity index (χ1v) is 9.20. The van der Waals surface area contributed by atoms with Crippen LogP contribution in [0.2, 0.25) is 0 Å². The monoisotopic (exact) mass is 374 g/mol. The molecular weight excluding hydrogens is 348 g/mol. The summed E-state index contributed by atoms with van der Waals surface area (Å²) in [7, 11) is 0. The molecular formula is C19H26N4O4. The van der Waals surface area contributed by atoms with E-state index < -0.39 is 5.56 Å². The number of hydrogen-bond donors (Lipinski definition) is 2. The number of carbonyl (C=O) groups excluding carboxylic acids is 2. The molecule has 1 aromatic rings. The fourth-order valence-corrected chi connectivity index (χ4v) is 3.38. The SMILES string of the molecule is CCOC(=O)N1CCC(NC(=O)CCc2c(C)[nH]c(=O)c(C#N)c2C)CC1. The van der Waals surface area contributed by atoms with Crippen LogP contribution in [0.15, 0.2) is 4.79 Å². The number of rotatable bonds is 5. The highest BCUT2D eigenvalue weighted by Gasteiger charge is 2.24. The molecule has 0 spiro atoms. The van der Waals surface area contributed by atoms with Gasteiger partial charge in [0.25, 0.3) is 5.56 Å². The number of nitrogens with one attached hydrogen (secondary N) is 2. The van der Waals surface area contributed by atoms with Crippen LogP contribution in [0.25, 0.3) is 0 Å². The second kappa shape index (κ2) is 9.21. The van der Waals surface area contributed by atoms with Crippen molar-refractivity contribution in [2.24, 2.45) is 0 Å². The average Bonchev–Trinajstić information content (AvgIpc) is 2.62. The van der Waals surface area contributed by atoms with Gasteiger partial charge in [0, 0.05) is 31.2 Å². The predicted molar refractivity (Wildman–Crippen MR) is 99.3 cm³/mol. The van der Waals surface area contributed by atoms with Gasteiger partial charge in [-0.1, -0.05) is 0 Å². The molecule has 0 unspecified atom stereocenters. The van der Waals surface area contributed by atoms with Gasteiger partial charge in [0.15, 0.2) is 0 Å². The first-order chi connectivity index (χ1) is 12.9. The van der Waals surface area contributed by atoms with Gasteiger partial charge in [-0.15, -0.1) is 0 Å². The molecule has 1 saturated heterocycles. The van der Waals surface area contributed by atoms with E-state index in [9.17, 15) is 14.4 Å². The number of aryl methyl sites for hydroxylation is 1. The van der Waals surface area contributed by atoms with E-state index in [2.05, 4.69) is 10.3 Å². The topological polar surface area (TPSA) is 115 Å². The highest BCUT2D eigenvalue weighted by molar-refractivity contribution is 5.76. The summed E-state index contributed by atoms with van der Waals surface area (Å²) in [6.45, 7) is 6.76. The number of nitriles is 1. The van der Waals surface area contributed by atoms with Crippen molar-refractivity contribution in [3.63, 3.8) is 0 Å². The lowest BCUT2D eigenvalue weighted by Crippen LogP contribution is -2.46. The smallest absolute Gasteiger partial charge is 0.409 e. The molecule has 1 aromatic heterocycles. The summed E-state index contributed by atoms with van der Waals surface area (Å²) >= 11 is 0. The van der Waals surface area contributed by atoms with E-state index in [-0.39, 0.29) is 30.0 Å². The zero-order valence-corrected chi connectivity index (χ0v) is 16.1. The minimum Gasteiger partial charge on any atom is -0.450 e. The van der Waals surface area contributed by atoms with Crippen LogP contribution in [0.3, 0.4) is 0 Å². The molecule has 0 aromatic carbocycles. The molecule has 1 aliphatic rings. The Morgan fingerprint density at radius 3 is 2.59 bits per heavy atom. The Balaban J connectivity index is 1.87. The fourth-order valence-electron chi connectivity index (χ4n) is 3.38. The fraction of sp³-hybridized carbons (Fsp3) is 0.579. The van der Waals surface area contributed by atoms with Crippen LogP contribution in [-0.4, -0.2) is 47.6 Å². The molecule has 0 radical (unpaired) electrons. The van der Waals surface area contributed by atoms with E-state index in [0.29, 0.717) is 50.2 Å². The van der Waals surface area contributed by atoms with Gasteiger partial charge in [-0.3, -0.25) is 9.59 Å². The Hall–Kier alpha value is -2.82. The minimum atomic E-state index is -0.394. The minimum absolute atomic E-state index is 0.0376. The molecule has 2 N–H and O–H groups in total. The number of aromatic amines is 1. The van der Waals surface area contributed by atoms with Crippen molar-refractivity contribution in [1.29, 1.82) is 5.26 Å². The zero-order valence-electron chi connectivity index (χ0n) is 16.1. The zero-order chi connectivity index (χ0) is 20.0. The first kappa shape index (κ1) is 20.5. The third-order valence-corrected chi connectivity index (χ3v) is 4.91. The Morgan fingerprint density at radius 2 is 2.00 bits per heavy atom. The van der Waals surface area contributed by atoms with Gasteiger partial charge in [0.2, 0.25) is 5.91 Å². The molecule has 1 aliphatic heterocycles. The summed E-state index contributed by atoms with van der Waals surface area (Å²) in [6.07, 6.45) is 1.81. The molecule has 0 aliphatic carbocycles. The van der Waals surface area contributed by atoms with Crippen LogP contribution in [0.5, 0.6) is 0 Å². The highest BCUT2D eigenvalue weighted by atomic mass is 16.6. The lowest BCUT2D eigenvalue weighted by Gasteiger charge is -2.31.